The van der Waals surface area contributed by atoms with Crippen molar-refractivity contribution in [2.75, 3.05) is 5.32 Å². The molecule has 2 rings (SSSR count). The molecule has 2 heterocycles. The smallest absolute Gasteiger partial charge is 0.196 e. The summed E-state index contributed by atoms with van der Waals surface area (Å²) in [5.74, 6) is 1.15. The third-order valence-corrected chi connectivity index (χ3v) is 1.98. The fraction of sp³-hybridized carbons (Fsp3) is 0.222. The second kappa shape index (κ2) is 4.35. The first-order chi connectivity index (χ1) is 7.79. The summed E-state index contributed by atoms with van der Waals surface area (Å²) in [4.78, 5) is 4.08. The first kappa shape index (κ1) is 10.0. The van der Waals surface area contributed by atoms with E-state index in [0.717, 1.165) is 0 Å². The predicted molar refractivity (Wildman–Crippen MR) is 55.2 cm³/mol. The van der Waals surface area contributed by atoms with Crippen LogP contribution in [0.25, 0.3) is 0 Å². The number of nitrogens with zero attached hydrogens (tertiary/aromatic N) is 5. The number of nitriles is 1. The molecule has 7 nitrogen and oxygen atoms in total. The number of aromatic nitrogens is 5. The highest BCUT2D eigenvalue weighted by Gasteiger charge is 2.10. The molecule has 2 aromatic rings. The summed E-state index contributed by atoms with van der Waals surface area (Å²) < 4.78 is 0. The number of anilines is 1. The van der Waals surface area contributed by atoms with Crippen LogP contribution in [-0.4, -0.2) is 25.6 Å². The number of hydrogen-bond acceptors (Lipinski definition) is 6. The van der Waals surface area contributed by atoms with E-state index >= 15 is 0 Å². The van der Waals surface area contributed by atoms with Crippen LogP contribution in [-0.2, 0) is 0 Å². The van der Waals surface area contributed by atoms with Gasteiger partial charge in [-0.15, -0.1) is 10.2 Å². The van der Waals surface area contributed by atoms with Crippen LogP contribution in [0.5, 0.6) is 0 Å². The molecule has 0 amide bonds. The van der Waals surface area contributed by atoms with Crippen LogP contribution in [0, 0.1) is 11.3 Å². The van der Waals surface area contributed by atoms with Gasteiger partial charge in [0.15, 0.2) is 5.82 Å². The third kappa shape index (κ3) is 2.12. The first-order valence-electron chi connectivity index (χ1n) is 4.66. The van der Waals surface area contributed by atoms with Crippen LogP contribution in [0.2, 0.25) is 0 Å². The number of pyridine rings is 1. The molecule has 0 radical (unpaired) electrons. The first-order valence-corrected chi connectivity index (χ1v) is 4.66. The van der Waals surface area contributed by atoms with Crippen LogP contribution < -0.4 is 5.32 Å². The normalized spacial score (nSPS) is 11.8. The molecule has 0 saturated carbocycles. The summed E-state index contributed by atoms with van der Waals surface area (Å²) in [7, 11) is 0. The Kier molecular flexibility index (Phi) is 2.73. The van der Waals surface area contributed by atoms with E-state index in [0.29, 0.717) is 17.3 Å². The molecule has 7 heteroatoms. The van der Waals surface area contributed by atoms with E-state index in [1.165, 1.54) is 0 Å². The van der Waals surface area contributed by atoms with Crippen molar-refractivity contribution >= 4 is 5.82 Å². The maximum absolute atomic E-state index is 8.70. The molecule has 16 heavy (non-hydrogen) atoms. The van der Waals surface area contributed by atoms with Crippen LogP contribution in [0.1, 0.15) is 24.5 Å². The number of rotatable bonds is 3. The van der Waals surface area contributed by atoms with Crippen LogP contribution in [0.3, 0.4) is 0 Å². The minimum atomic E-state index is -0.125. The summed E-state index contributed by atoms with van der Waals surface area (Å²) in [6.07, 6.45) is 0. The molecule has 2 N–H and O–H groups in total. The van der Waals surface area contributed by atoms with Crippen molar-refractivity contribution in [3.8, 4) is 6.07 Å². The molecule has 0 aliphatic rings. The average molecular weight is 215 g/mol. The summed E-state index contributed by atoms with van der Waals surface area (Å²) in [5.41, 5.74) is 0.366. The zero-order chi connectivity index (χ0) is 11.4. The van der Waals surface area contributed by atoms with E-state index in [2.05, 4.69) is 30.9 Å². The second-order valence-electron chi connectivity index (χ2n) is 3.16. The molecule has 0 fully saturated rings. The number of tetrazole rings is 1. The molecular formula is C9H9N7. The van der Waals surface area contributed by atoms with E-state index in [1.807, 2.05) is 13.0 Å². The number of H-pyrrole nitrogens is 1. The van der Waals surface area contributed by atoms with Gasteiger partial charge < -0.3 is 5.32 Å². The molecule has 1 unspecified atom stereocenters. The molecule has 0 aliphatic carbocycles. The molecule has 1 atom stereocenters. The van der Waals surface area contributed by atoms with Gasteiger partial charge in [-0.25, -0.2) is 4.98 Å². The Morgan fingerprint density at radius 2 is 2.38 bits per heavy atom. The van der Waals surface area contributed by atoms with Crippen LogP contribution in [0.4, 0.5) is 5.82 Å². The molecule has 0 aliphatic heterocycles. The van der Waals surface area contributed by atoms with E-state index in [1.54, 1.807) is 18.2 Å². The zero-order valence-corrected chi connectivity index (χ0v) is 8.55. The summed E-state index contributed by atoms with van der Waals surface area (Å²) >= 11 is 0. The largest absolute Gasteiger partial charge is 0.360 e. The summed E-state index contributed by atoms with van der Waals surface area (Å²) in [5, 5.41) is 25.3. The molecule has 2 aromatic heterocycles. The van der Waals surface area contributed by atoms with Crippen LogP contribution >= 0.6 is 0 Å². The minimum Gasteiger partial charge on any atom is -0.360 e. The van der Waals surface area contributed by atoms with Crippen molar-refractivity contribution in [1.29, 1.82) is 5.26 Å². The lowest BCUT2D eigenvalue weighted by atomic mass is 10.3. The highest BCUT2D eigenvalue weighted by molar-refractivity contribution is 5.39. The predicted octanol–water partition coefficient (Wildman–Crippen LogP) is 0.639. The quantitative estimate of drug-likeness (QED) is 0.778. The average Bonchev–Trinajstić information content (AvgIpc) is 2.83. The standard InChI is InChI=1S/C9H9N7/c1-6(9-13-15-16-14-9)11-8-4-2-3-7(5-10)12-8/h2-4,6H,1H3,(H,11,12)(H,13,14,15,16). The van der Waals surface area contributed by atoms with Gasteiger partial charge in [0.05, 0.1) is 6.04 Å². The molecular weight excluding hydrogens is 206 g/mol. The van der Waals surface area contributed by atoms with E-state index in [9.17, 15) is 0 Å². The summed E-state index contributed by atoms with van der Waals surface area (Å²) in [6.45, 7) is 1.88. The van der Waals surface area contributed by atoms with Crippen molar-refractivity contribution in [2.45, 2.75) is 13.0 Å². The van der Waals surface area contributed by atoms with E-state index < -0.39 is 0 Å². The van der Waals surface area contributed by atoms with Crippen molar-refractivity contribution in [3.63, 3.8) is 0 Å². The highest BCUT2D eigenvalue weighted by Crippen LogP contribution is 2.13. The number of hydrogen-bond donors (Lipinski definition) is 2. The van der Waals surface area contributed by atoms with Gasteiger partial charge in [0.25, 0.3) is 0 Å². The monoisotopic (exact) mass is 215 g/mol. The van der Waals surface area contributed by atoms with Gasteiger partial charge in [-0.3, -0.25) is 0 Å². The Bertz CT molecular complexity index is 499. The van der Waals surface area contributed by atoms with Crippen molar-refractivity contribution in [2.24, 2.45) is 0 Å². The number of nitrogens with one attached hydrogen (secondary N) is 2. The highest BCUT2D eigenvalue weighted by atomic mass is 15.5. The van der Waals surface area contributed by atoms with Gasteiger partial charge in [0.1, 0.15) is 17.6 Å². The fourth-order valence-corrected chi connectivity index (χ4v) is 1.22. The van der Waals surface area contributed by atoms with E-state index in [4.69, 9.17) is 5.26 Å². The Hall–Kier alpha value is -2.49. The fourth-order valence-electron chi connectivity index (χ4n) is 1.22. The maximum Gasteiger partial charge on any atom is 0.196 e. The lowest BCUT2D eigenvalue weighted by molar-refractivity contribution is 0.788. The van der Waals surface area contributed by atoms with Gasteiger partial charge in [-0.05, 0) is 19.1 Å². The van der Waals surface area contributed by atoms with Crippen molar-refractivity contribution in [1.82, 2.24) is 25.6 Å². The Morgan fingerprint density at radius 3 is 3.06 bits per heavy atom. The van der Waals surface area contributed by atoms with Gasteiger partial charge in [0.2, 0.25) is 0 Å². The Morgan fingerprint density at radius 1 is 1.50 bits per heavy atom. The topological polar surface area (TPSA) is 103 Å². The van der Waals surface area contributed by atoms with Crippen molar-refractivity contribution in [3.05, 3.63) is 29.7 Å². The SMILES string of the molecule is CC(Nc1cccc(C#N)n1)c1nn[nH]n1. The number of aromatic amines is 1. The summed E-state index contributed by atoms with van der Waals surface area (Å²) in [6, 6.07) is 7.03. The minimum absolute atomic E-state index is 0.125. The Balaban J connectivity index is 2.12. The molecule has 0 spiro atoms. The zero-order valence-electron chi connectivity index (χ0n) is 8.55. The second-order valence-corrected chi connectivity index (χ2v) is 3.16. The maximum atomic E-state index is 8.70. The van der Waals surface area contributed by atoms with Gasteiger partial charge in [0, 0.05) is 0 Å². The van der Waals surface area contributed by atoms with Crippen LogP contribution in [0.15, 0.2) is 18.2 Å². The molecule has 0 saturated heterocycles. The molecule has 0 aromatic carbocycles. The van der Waals surface area contributed by atoms with Gasteiger partial charge >= 0.3 is 0 Å². The van der Waals surface area contributed by atoms with Gasteiger partial charge in [-0.1, -0.05) is 11.3 Å². The third-order valence-electron chi connectivity index (χ3n) is 1.98. The van der Waals surface area contributed by atoms with E-state index in [-0.39, 0.29) is 6.04 Å². The lowest BCUT2D eigenvalue weighted by Crippen LogP contribution is -2.10. The Labute approximate surface area is 91.5 Å². The van der Waals surface area contributed by atoms with Crippen molar-refractivity contribution < 1.29 is 0 Å². The molecule has 80 valence electrons. The lowest BCUT2D eigenvalue weighted by Gasteiger charge is -2.09. The van der Waals surface area contributed by atoms with Gasteiger partial charge in [-0.2, -0.15) is 10.5 Å². The molecule has 0 bridgehead atoms.